The molecule has 2 heterocycles. The second kappa shape index (κ2) is 5.51. The SMILES string of the molecule is NCC#Cc1csc(CN2C(=O)NC3(CCCC3)C2=O)c1. The van der Waals surface area contributed by atoms with E-state index in [4.69, 9.17) is 5.73 Å². The summed E-state index contributed by atoms with van der Waals surface area (Å²) in [5.74, 6) is 5.67. The summed E-state index contributed by atoms with van der Waals surface area (Å²) in [6.07, 6.45) is 3.51. The van der Waals surface area contributed by atoms with Gasteiger partial charge in [0, 0.05) is 15.8 Å². The van der Waals surface area contributed by atoms with Gasteiger partial charge in [0.2, 0.25) is 0 Å². The Bertz CT molecular complexity index is 635. The minimum absolute atomic E-state index is 0.0759. The number of nitrogens with one attached hydrogen (secondary N) is 1. The van der Waals surface area contributed by atoms with E-state index in [0.29, 0.717) is 13.1 Å². The number of urea groups is 1. The zero-order chi connectivity index (χ0) is 14.9. The molecule has 1 spiro atoms. The maximum absolute atomic E-state index is 12.5. The van der Waals surface area contributed by atoms with E-state index < -0.39 is 5.54 Å². The lowest BCUT2D eigenvalue weighted by Gasteiger charge is -2.19. The number of thiophene rings is 1. The molecule has 1 saturated carbocycles. The number of amides is 3. The van der Waals surface area contributed by atoms with Crippen molar-refractivity contribution < 1.29 is 9.59 Å². The molecular formula is C15H17N3O2S. The van der Waals surface area contributed by atoms with Crippen molar-refractivity contribution in [1.29, 1.82) is 0 Å². The van der Waals surface area contributed by atoms with Crippen molar-refractivity contribution in [2.24, 2.45) is 5.73 Å². The van der Waals surface area contributed by atoms with E-state index in [2.05, 4.69) is 17.2 Å². The molecule has 3 N–H and O–H groups in total. The van der Waals surface area contributed by atoms with Crippen LogP contribution in [0.25, 0.3) is 0 Å². The van der Waals surface area contributed by atoms with Crippen molar-refractivity contribution in [3.8, 4) is 11.8 Å². The molecule has 1 aromatic heterocycles. The van der Waals surface area contributed by atoms with Gasteiger partial charge in [0.05, 0.1) is 13.1 Å². The Morgan fingerprint density at radius 2 is 2.14 bits per heavy atom. The van der Waals surface area contributed by atoms with E-state index in [1.165, 1.54) is 16.2 Å². The van der Waals surface area contributed by atoms with Crippen LogP contribution in [0.15, 0.2) is 11.4 Å². The lowest BCUT2D eigenvalue weighted by atomic mass is 9.98. The van der Waals surface area contributed by atoms with Crippen LogP contribution in [0.5, 0.6) is 0 Å². The topological polar surface area (TPSA) is 75.4 Å². The van der Waals surface area contributed by atoms with Gasteiger partial charge in [-0.1, -0.05) is 24.7 Å². The second-order valence-electron chi connectivity index (χ2n) is 5.42. The van der Waals surface area contributed by atoms with Crippen molar-refractivity contribution in [3.63, 3.8) is 0 Å². The van der Waals surface area contributed by atoms with Gasteiger partial charge in [-0.25, -0.2) is 4.79 Å². The molecule has 1 aromatic rings. The van der Waals surface area contributed by atoms with Crippen molar-refractivity contribution in [2.75, 3.05) is 6.54 Å². The fraction of sp³-hybridized carbons (Fsp3) is 0.467. The standard InChI is InChI=1S/C15H17N3O2S/c16-7-3-4-11-8-12(21-10-11)9-18-13(19)15(17-14(18)20)5-1-2-6-15/h8,10H,1-2,5-7,9,16H2,(H,17,20). The molecule has 5 nitrogen and oxygen atoms in total. The summed E-state index contributed by atoms with van der Waals surface area (Å²) in [4.78, 5) is 26.9. The third-order valence-electron chi connectivity index (χ3n) is 4.01. The van der Waals surface area contributed by atoms with E-state index in [0.717, 1.165) is 36.1 Å². The predicted octanol–water partition coefficient (Wildman–Crippen LogP) is 1.42. The lowest BCUT2D eigenvalue weighted by molar-refractivity contribution is -0.131. The second-order valence-corrected chi connectivity index (χ2v) is 6.41. The Morgan fingerprint density at radius 3 is 2.86 bits per heavy atom. The first-order valence-corrected chi connectivity index (χ1v) is 7.93. The summed E-state index contributed by atoms with van der Waals surface area (Å²) in [6.45, 7) is 0.641. The van der Waals surface area contributed by atoms with Gasteiger partial charge in [-0.05, 0) is 18.9 Å². The molecule has 0 unspecified atom stereocenters. The van der Waals surface area contributed by atoms with Crippen LogP contribution in [0, 0.1) is 11.8 Å². The minimum atomic E-state index is -0.628. The third-order valence-corrected chi connectivity index (χ3v) is 4.93. The van der Waals surface area contributed by atoms with Gasteiger partial charge in [0.15, 0.2) is 0 Å². The Morgan fingerprint density at radius 1 is 1.38 bits per heavy atom. The van der Waals surface area contributed by atoms with Crippen molar-refractivity contribution in [1.82, 2.24) is 10.2 Å². The monoisotopic (exact) mass is 303 g/mol. The average Bonchev–Trinajstić information content (AvgIpc) is 3.15. The molecule has 110 valence electrons. The highest BCUT2D eigenvalue weighted by Gasteiger charge is 2.52. The summed E-state index contributed by atoms with van der Waals surface area (Å²) in [5, 5.41) is 4.81. The van der Waals surface area contributed by atoms with Crippen LogP contribution >= 0.6 is 11.3 Å². The van der Waals surface area contributed by atoms with Gasteiger partial charge in [0.25, 0.3) is 5.91 Å². The molecule has 0 bridgehead atoms. The van der Waals surface area contributed by atoms with Crippen LogP contribution in [0.1, 0.15) is 36.1 Å². The van der Waals surface area contributed by atoms with E-state index in [9.17, 15) is 9.59 Å². The van der Waals surface area contributed by atoms with Crippen LogP contribution in [-0.2, 0) is 11.3 Å². The minimum Gasteiger partial charge on any atom is -0.323 e. The van der Waals surface area contributed by atoms with Crippen LogP contribution in [-0.4, -0.2) is 28.9 Å². The molecule has 1 aliphatic carbocycles. The Balaban J connectivity index is 1.74. The molecular weight excluding hydrogens is 286 g/mol. The molecule has 0 aromatic carbocycles. The Labute approximate surface area is 127 Å². The quantitative estimate of drug-likeness (QED) is 0.641. The van der Waals surface area contributed by atoms with Crippen molar-refractivity contribution >= 4 is 23.3 Å². The summed E-state index contributed by atoms with van der Waals surface area (Å²) >= 11 is 1.50. The van der Waals surface area contributed by atoms with Gasteiger partial charge in [-0.15, -0.1) is 11.3 Å². The molecule has 1 saturated heterocycles. The number of nitrogens with zero attached hydrogens (tertiary/aromatic N) is 1. The number of carbonyl (C=O) groups is 2. The van der Waals surface area contributed by atoms with E-state index in [-0.39, 0.29) is 11.9 Å². The first kappa shape index (κ1) is 14.1. The van der Waals surface area contributed by atoms with Gasteiger partial charge in [-0.3, -0.25) is 9.69 Å². The summed E-state index contributed by atoms with van der Waals surface area (Å²) in [5.41, 5.74) is 5.59. The molecule has 0 atom stereocenters. The molecule has 21 heavy (non-hydrogen) atoms. The smallest absolute Gasteiger partial charge is 0.323 e. The van der Waals surface area contributed by atoms with Crippen LogP contribution in [0.2, 0.25) is 0 Å². The van der Waals surface area contributed by atoms with E-state index >= 15 is 0 Å². The molecule has 6 heteroatoms. The molecule has 3 amide bonds. The molecule has 3 rings (SSSR count). The maximum atomic E-state index is 12.5. The zero-order valence-corrected chi connectivity index (χ0v) is 12.5. The maximum Gasteiger partial charge on any atom is 0.325 e. The first-order valence-electron chi connectivity index (χ1n) is 7.05. The fourth-order valence-corrected chi connectivity index (χ4v) is 3.78. The van der Waals surface area contributed by atoms with Gasteiger partial charge >= 0.3 is 6.03 Å². The molecule has 2 fully saturated rings. The van der Waals surface area contributed by atoms with Crippen LogP contribution in [0.3, 0.4) is 0 Å². The number of hydrogen-bond donors (Lipinski definition) is 2. The highest BCUT2D eigenvalue weighted by atomic mass is 32.1. The van der Waals surface area contributed by atoms with Crippen molar-refractivity contribution in [2.45, 2.75) is 37.8 Å². The van der Waals surface area contributed by atoms with Crippen molar-refractivity contribution in [3.05, 3.63) is 21.9 Å². The Hall–Kier alpha value is -1.84. The third kappa shape index (κ3) is 2.55. The molecule has 1 aliphatic heterocycles. The average molecular weight is 303 g/mol. The van der Waals surface area contributed by atoms with Gasteiger partial charge < -0.3 is 11.1 Å². The first-order chi connectivity index (χ1) is 10.1. The number of imide groups is 1. The van der Waals surface area contributed by atoms with Crippen LogP contribution in [0.4, 0.5) is 4.79 Å². The van der Waals surface area contributed by atoms with E-state index in [1.807, 2.05) is 11.4 Å². The number of rotatable bonds is 2. The van der Waals surface area contributed by atoms with Gasteiger partial charge in [-0.2, -0.15) is 0 Å². The number of nitrogens with two attached hydrogens (primary N) is 1. The fourth-order valence-electron chi connectivity index (χ4n) is 2.98. The van der Waals surface area contributed by atoms with Crippen LogP contribution < -0.4 is 11.1 Å². The highest BCUT2D eigenvalue weighted by Crippen LogP contribution is 2.35. The summed E-state index contributed by atoms with van der Waals surface area (Å²) < 4.78 is 0. The summed E-state index contributed by atoms with van der Waals surface area (Å²) in [6, 6.07) is 1.64. The molecule has 2 aliphatic rings. The largest absolute Gasteiger partial charge is 0.325 e. The van der Waals surface area contributed by atoms with E-state index in [1.54, 1.807) is 0 Å². The number of carbonyl (C=O) groups excluding carboxylic acids is 2. The number of hydrogen-bond acceptors (Lipinski definition) is 4. The molecule has 0 radical (unpaired) electrons. The Kier molecular flexibility index (Phi) is 3.70. The summed E-state index contributed by atoms with van der Waals surface area (Å²) in [7, 11) is 0. The zero-order valence-electron chi connectivity index (χ0n) is 11.6. The normalized spacial score (nSPS) is 19.8. The highest BCUT2D eigenvalue weighted by molar-refractivity contribution is 7.10. The lowest BCUT2D eigenvalue weighted by Crippen LogP contribution is -2.44. The predicted molar refractivity (Wildman–Crippen MR) is 80.5 cm³/mol. The van der Waals surface area contributed by atoms with Gasteiger partial charge in [0.1, 0.15) is 5.54 Å².